The van der Waals surface area contributed by atoms with E-state index in [1.807, 2.05) is 11.0 Å². The number of carbonyl (C=O) groups excluding carboxylic acids is 1. The number of amides is 1. The van der Waals surface area contributed by atoms with Crippen molar-refractivity contribution in [3.63, 3.8) is 0 Å². The number of nitrogen functional groups attached to an aromatic ring is 1. The third-order valence-corrected chi connectivity index (χ3v) is 5.05. The molecule has 0 spiro atoms. The molecule has 2 aliphatic heterocycles. The van der Waals surface area contributed by atoms with Crippen LogP contribution in [0.2, 0.25) is 0 Å². The van der Waals surface area contributed by atoms with Gasteiger partial charge >= 0.3 is 0 Å². The van der Waals surface area contributed by atoms with E-state index in [9.17, 15) is 9.18 Å². The number of rotatable bonds is 2. The molecule has 124 valence electrons. The Hall–Kier alpha value is -2.47. The summed E-state index contributed by atoms with van der Waals surface area (Å²) in [5.41, 5.74) is 6.97. The fourth-order valence-electron chi connectivity index (χ4n) is 3.94. The van der Waals surface area contributed by atoms with Gasteiger partial charge < -0.3 is 16.0 Å². The maximum atomic E-state index is 13.7. The van der Waals surface area contributed by atoms with Gasteiger partial charge in [0.1, 0.15) is 11.6 Å². The second-order valence-corrected chi connectivity index (χ2v) is 6.51. The van der Waals surface area contributed by atoms with Crippen molar-refractivity contribution in [1.29, 1.82) is 0 Å². The van der Waals surface area contributed by atoms with Gasteiger partial charge in [-0.3, -0.25) is 4.79 Å². The summed E-state index contributed by atoms with van der Waals surface area (Å²) in [6.45, 7) is 2.40. The lowest BCUT2D eigenvalue weighted by molar-refractivity contribution is 0.0713. The highest BCUT2D eigenvalue weighted by Gasteiger charge is 2.46. The van der Waals surface area contributed by atoms with Gasteiger partial charge in [-0.2, -0.15) is 0 Å². The average molecular weight is 326 g/mol. The first-order chi connectivity index (χ1) is 11.6. The predicted octanol–water partition coefficient (Wildman–Crippen LogP) is 1.84. The molecule has 2 saturated heterocycles. The molecule has 3 atom stereocenters. The van der Waals surface area contributed by atoms with Crippen molar-refractivity contribution in [2.75, 3.05) is 25.4 Å². The predicted molar refractivity (Wildman–Crippen MR) is 88.7 cm³/mol. The lowest BCUT2D eigenvalue weighted by Crippen LogP contribution is -2.34. The summed E-state index contributed by atoms with van der Waals surface area (Å²) in [5, 5.41) is 3.38. The van der Waals surface area contributed by atoms with Gasteiger partial charge in [0.2, 0.25) is 0 Å². The Morgan fingerprint density at radius 2 is 2.17 bits per heavy atom. The SMILES string of the molecule is Nc1ccc(C(=O)N2C[C@@H]3CNC[C@@H]3[C@H]2c2cccc(F)c2)cn1. The van der Waals surface area contributed by atoms with Crippen molar-refractivity contribution in [3.05, 3.63) is 59.5 Å². The number of nitrogens with zero attached hydrogens (tertiary/aromatic N) is 2. The molecule has 3 N–H and O–H groups in total. The van der Waals surface area contributed by atoms with Gasteiger partial charge in [0.05, 0.1) is 11.6 Å². The molecular formula is C18H19FN4O. The number of fused-ring (bicyclic) bond motifs is 1. The zero-order valence-corrected chi connectivity index (χ0v) is 13.2. The van der Waals surface area contributed by atoms with Gasteiger partial charge in [-0.1, -0.05) is 12.1 Å². The minimum atomic E-state index is -0.275. The standard InChI is InChI=1S/C18H19FN4O/c19-14-3-1-2-11(6-14)17-15-9-21-7-13(15)10-23(17)18(24)12-4-5-16(20)22-8-12/h1-6,8,13,15,17,21H,7,9-10H2,(H2,20,22)/t13-,15-,17+/m0/s1. The number of pyridine rings is 1. The number of hydrogen-bond donors (Lipinski definition) is 2. The molecule has 2 fully saturated rings. The number of hydrogen-bond acceptors (Lipinski definition) is 4. The van der Waals surface area contributed by atoms with Crippen LogP contribution in [-0.4, -0.2) is 35.4 Å². The molecular weight excluding hydrogens is 307 g/mol. The summed E-state index contributed by atoms with van der Waals surface area (Å²) in [5.74, 6) is 0.729. The van der Waals surface area contributed by atoms with Crippen LogP contribution in [0, 0.1) is 17.7 Å². The molecule has 5 nitrogen and oxygen atoms in total. The third-order valence-electron chi connectivity index (χ3n) is 5.05. The van der Waals surface area contributed by atoms with E-state index in [-0.39, 0.29) is 17.8 Å². The van der Waals surface area contributed by atoms with Crippen molar-refractivity contribution in [1.82, 2.24) is 15.2 Å². The smallest absolute Gasteiger partial charge is 0.255 e. The number of carbonyl (C=O) groups is 1. The van der Waals surface area contributed by atoms with Crippen LogP contribution in [0.15, 0.2) is 42.6 Å². The maximum absolute atomic E-state index is 13.7. The molecule has 0 unspecified atom stereocenters. The zero-order valence-electron chi connectivity index (χ0n) is 13.2. The monoisotopic (exact) mass is 326 g/mol. The van der Waals surface area contributed by atoms with E-state index in [2.05, 4.69) is 10.3 Å². The summed E-state index contributed by atoms with van der Waals surface area (Å²) in [4.78, 5) is 18.9. The van der Waals surface area contributed by atoms with Crippen LogP contribution in [0.3, 0.4) is 0 Å². The Kier molecular flexibility index (Phi) is 3.69. The number of likely N-dealkylation sites (tertiary alicyclic amines) is 1. The number of anilines is 1. The van der Waals surface area contributed by atoms with Gasteiger partial charge in [-0.05, 0) is 35.7 Å². The fourth-order valence-corrected chi connectivity index (χ4v) is 3.94. The molecule has 2 aromatic rings. The first kappa shape index (κ1) is 15.1. The highest BCUT2D eigenvalue weighted by Crippen LogP contribution is 2.43. The molecule has 2 aliphatic rings. The molecule has 1 aromatic carbocycles. The molecule has 4 rings (SSSR count). The molecule has 1 aromatic heterocycles. The lowest BCUT2D eigenvalue weighted by Gasteiger charge is -2.28. The second-order valence-electron chi connectivity index (χ2n) is 6.51. The van der Waals surface area contributed by atoms with Crippen LogP contribution in [-0.2, 0) is 0 Å². The summed E-state index contributed by atoms with van der Waals surface area (Å²) in [6.07, 6.45) is 1.51. The number of nitrogens with one attached hydrogen (secondary N) is 1. The summed E-state index contributed by atoms with van der Waals surface area (Å²) < 4.78 is 13.7. The lowest BCUT2D eigenvalue weighted by atomic mass is 9.89. The number of benzene rings is 1. The van der Waals surface area contributed by atoms with Gasteiger partial charge in [-0.15, -0.1) is 0 Å². The number of nitrogens with two attached hydrogens (primary N) is 1. The topological polar surface area (TPSA) is 71.2 Å². The second kappa shape index (κ2) is 5.87. The minimum Gasteiger partial charge on any atom is -0.384 e. The van der Waals surface area contributed by atoms with Gasteiger partial charge in [0.15, 0.2) is 0 Å². The van der Waals surface area contributed by atoms with Gasteiger partial charge in [0.25, 0.3) is 5.91 Å². The first-order valence-electron chi connectivity index (χ1n) is 8.12. The molecule has 0 saturated carbocycles. The van der Waals surface area contributed by atoms with E-state index >= 15 is 0 Å². The van der Waals surface area contributed by atoms with Crippen LogP contribution in [0.25, 0.3) is 0 Å². The molecule has 0 bridgehead atoms. The Labute approximate surface area is 139 Å². The van der Waals surface area contributed by atoms with Crippen molar-refractivity contribution in [2.24, 2.45) is 11.8 Å². The summed E-state index contributed by atoms with van der Waals surface area (Å²) in [7, 11) is 0. The van der Waals surface area contributed by atoms with Crippen molar-refractivity contribution >= 4 is 11.7 Å². The third kappa shape index (κ3) is 2.53. The zero-order chi connectivity index (χ0) is 16.7. The molecule has 24 heavy (non-hydrogen) atoms. The Bertz CT molecular complexity index is 764. The minimum absolute atomic E-state index is 0.0776. The van der Waals surface area contributed by atoms with E-state index in [0.29, 0.717) is 29.8 Å². The first-order valence-corrected chi connectivity index (χ1v) is 8.12. The quantitative estimate of drug-likeness (QED) is 0.883. The molecule has 0 aliphatic carbocycles. The summed E-state index contributed by atoms with van der Waals surface area (Å²) in [6, 6.07) is 9.77. The Morgan fingerprint density at radius 1 is 1.29 bits per heavy atom. The highest BCUT2D eigenvalue weighted by molar-refractivity contribution is 5.94. The van der Waals surface area contributed by atoms with E-state index in [1.165, 1.54) is 18.3 Å². The molecule has 6 heteroatoms. The normalized spacial score (nSPS) is 25.7. The Morgan fingerprint density at radius 3 is 2.92 bits per heavy atom. The highest BCUT2D eigenvalue weighted by atomic mass is 19.1. The number of aromatic nitrogens is 1. The summed E-state index contributed by atoms with van der Waals surface area (Å²) >= 11 is 0. The fraction of sp³-hybridized carbons (Fsp3) is 0.333. The van der Waals surface area contributed by atoms with E-state index in [0.717, 1.165) is 18.7 Å². The van der Waals surface area contributed by atoms with E-state index < -0.39 is 0 Å². The van der Waals surface area contributed by atoms with Crippen LogP contribution in [0.5, 0.6) is 0 Å². The largest absolute Gasteiger partial charge is 0.384 e. The Balaban J connectivity index is 1.70. The van der Waals surface area contributed by atoms with E-state index in [1.54, 1.807) is 18.2 Å². The van der Waals surface area contributed by atoms with Crippen molar-refractivity contribution in [2.45, 2.75) is 6.04 Å². The maximum Gasteiger partial charge on any atom is 0.255 e. The van der Waals surface area contributed by atoms with Crippen molar-refractivity contribution < 1.29 is 9.18 Å². The van der Waals surface area contributed by atoms with Crippen molar-refractivity contribution in [3.8, 4) is 0 Å². The van der Waals surface area contributed by atoms with Crippen LogP contribution >= 0.6 is 0 Å². The van der Waals surface area contributed by atoms with Gasteiger partial charge in [-0.25, -0.2) is 9.37 Å². The average Bonchev–Trinajstić information content (AvgIpc) is 3.15. The molecule has 1 amide bonds. The van der Waals surface area contributed by atoms with Crippen LogP contribution in [0.4, 0.5) is 10.2 Å². The molecule has 0 radical (unpaired) electrons. The number of halogens is 1. The van der Waals surface area contributed by atoms with Gasteiger partial charge in [0, 0.05) is 31.7 Å². The van der Waals surface area contributed by atoms with Crippen LogP contribution < -0.4 is 11.1 Å². The van der Waals surface area contributed by atoms with Crippen LogP contribution in [0.1, 0.15) is 22.0 Å². The molecule has 3 heterocycles. The van der Waals surface area contributed by atoms with E-state index in [4.69, 9.17) is 5.73 Å².